The summed E-state index contributed by atoms with van der Waals surface area (Å²) in [6.07, 6.45) is 1.00. The monoisotopic (exact) mass is 276 g/mol. The molecule has 0 radical (unpaired) electrons. The molecule has 0 heterocycles. The fourth-order valence-electron chi connectivity index (χ4n) is 1.66. The third kappa shape index (κ3) is 3.80. The van der Waals surface area contributed by atoms with Crippen LogP contribution in [0.4, 0.5) is 17.1 Å². The summed E-state index contributed by atoms with van der Waals surface area (Å²) >= 11 is 5.86. The van der Waals surface area contributed by atoms with E-state index in [-0.39, 0.29) is 0 Å². The number of anilines is 3. The van der Waals surface area contributed by atoms with E-state index < -0.39 is 0 Å². The van der Waals surface area contributed by atoms with Crippen molar-refractivity contribution in [1.82, 2.24) is 0 Å². The Labute approximate surface area is 118 Å². The molecule has 100 valence electrons. The van der Waals surface area contributed by atoms with Crippen LogP contribution < -0.4 is 15.8 Å². The molecule has 0 saturated carbocycles. The van der Waals surface area contributed by atoms with Crippen molar-refractivity contribution in [3.05, 3.63) is 47.5 Å². The zero-order chi connectivity index (χ0) is 13.7. The van der Waals surface area contributed by atoms with Crippen LogP contribution in [0.25, 0.3) is 0 Å². The maximum atomic E-state index is 5.89. The first-order valence-corrected chi connectivity index (χ1v) is 6.61. The van der Waals surface area contributed by atoms with E-state index in [9.17, 15) is 0 Å². The lowest BCUT2D eigenvalue weighted by Gasteiger charge is -2.10. The maximum absolute atomic E-state index is 5.89. The van der Waals surface area contributed by atoms with Gasteiger partial charge in [0.25, 0.3) is 0 Å². The summed E-state index contributed by atoms with van der Waals surface area (Å²) in [5.74, 6) is 0.872. The van der Waals surface area contributed by atoms with Gasteiger partial charge in [-0.25, -0.2) is 0 Å². The Morgan fingerprint density at radius 1 is 1.16 bits per heavy atom. The molecule has 0 aromatic heterocycles. The van der Waals surface area contributed by atoms with Gasteiger partial charge in [-0.15, -0.1) is 0 Å². The summed E-state index contributed by atoms with van der Waals surface area (Å²) in [6, 6.07) is 13.2. The number of nitrogen functional groups attached to an aromatic ring is 1. The summed E-state index contributed by atoms with van der Waals surface area (Å²) in [4.78, 5) is 0. The maximum Gasteiger partial charge on any atom is 0.119 e. The van der Waals surface area contributed by atoms with Gasteiger partial charge in [-0.1, -0.05) is 18.5 Å². The molecule has 0 aliphatic heterocycles. The van der Waals surface area contributed by atoms with Crippen molar-refractivity contribution in [2.75, 3.05) is 17.7 Å². The predicted octanol–water partition coefficient (Wildman–Crippen LogP) is 4.45. The van der Waals surface area contributed by atoms with Crippen molar-refractivity contribution in [3.63, 3.8) is 0 Å². The smallest absolute Gasteiger partial charge is 0.119 e. The summed E-state index contributed by atoms with van der Waals surface area (Å²) in [7, 11) is 0. The summed E-state index contributed by atoms with van der Waals surface area (Å²) in [5, 5.41) is 3.87. The largest absolute Gasteiger partial charge is 0.494 e. The van der Waals surface area contributed by atoms with E-state index in [1.807, 2.05) is 30.3 Å². The molecule has 0 atom stereocenters. The van der Waals surface area contributed by atoms with Gasteiger partial charge in [-0.2, -0.15) is 0 Å². The van der Waals surface area contributed by atoms with E-state index >= 15 is 0 Å². The third-order valence-electron chi connectivity index (χ3n) is 2.62. The van der Waals surface area contributed by atoms with Crippen molar-refractivity contribution in [3.8, 4) is 5.75 Å². The van der Waals surface area contributed by atoms with Crippen molar-refractivity contribution < 1.29 is 4.74 Å². The van der Waals surface area contributed by atoms with Gasteiger partial charge in [-0.3, -0.25) is 0 Å². The predicted molar refractivity (Wildman–Crippen MR) is 81.4 cm³/mol. The lowest BCUT2D eigenvalue weighted by atomic mass is 10.2. The Bertz CT molecular complexity index is 540. The molecule has 19 heavy (non-hydrogen) atoms. The molecular weight excluding hydrogens is 260 g/mol. The lowest BCUT2D eigenvalue weighted by molar-refractivity contribution is 0.317. The van der Waals surface area contributed by atoms with E-state index in [1.165, 1.54) is 0 Å². The first-order valence-electron chi connectivity index (χ1n) is 6.24. The number of hydrogen-bond acceptors (Lipinski definition) is 3. The van der Waals surface area contributed by atoms with Crippen LogP contribution in [0.1, 0.15) is 13.3 Å². The quantitative estimate of drug-likeness (QED) is 0.793. The third-order valence-corrected chi connectivity index (χ3v) is 2.85. The van der Waals surface area contributed by atoms with Gasteiger partial charge >= 0.3 is 0 Å². The minimum absolute atomic E-state index is 0.624. The molecular formula is C15H17ClN2O. The van der Waals surface area contributed by atoms with Gasteiger partial charge in [0.05, 0.1) is 18.0 Å². The van der Waals surface area contributed by atoms with Gasteiger partial charge in [0, 0.05) is 10.7 Å². The fourth-order valence-corrected chi connectivity index (χ4v) is 1.84. The number of nitrogens with two attached hydrogens (primary N) is 1. The van der Waals surface area contributed by atoms with Crippen LogP contribution in [-0.4, -0.2) is 6.61 Å². The average molecular weight is 277 g/mol. The highest BCUT2D eigenvalue weighted by molar-refractivity contribution is 6.31. The topological polar surface area (TPSA) is 47.3 Å². The number of ether oxygens (including phenoxy) is 1. The van der Waals surface area contributed by atoms with E-state index in [1.54, 1.807) is 12.1 Å². The Hall–Kier alpha value is -1.87. The Morgan fingerprint density at radius 3 is 2.53 bits per heavy atom. The van der Waals surface area contributed by atoms with Crippen molar-refractivity contribution in [2.45, 2.75) is 13.3 Å². The molecule has 3 nitrogen and oxygen atoms in total. The zero-order valence-electron chi connectivity index (χ0n) is 10.8. The minimum atomic E-state index is 0.624. The van der Waals surface area contributed by atoms with E-state index in [2.05, 4.69) is 12.2 Å². The second-order valence-corrected chi connectivity index (χ2v) is 4.67. The molecule has 2 rings (SSSR count). The molecule has 0 spiro atoms. The van der Waals surface area contributed by atoms with Crippen LogP contribution in [0.2, 0.25) is 5.02 Å². The number of nitrogens with one attached hydrogen (secondary N) is 1. The summed E-state index contributed by atoms with van der Waals surface area (Å²) < 4.78 is 5.53. The van der Waals surface area contributed by atoms with Crippen LogP contribution >= 0.6 is 11.6 Å². The van der Waals surface area contributed by atoms with Crippen LogP contribution in [0, 0.1) is 0 Å². The number of hydrogen-bond donors (Lipinski definition) is 2. The van der Waals surface area contributed by atoms with Gasteiger partial charge < -0.3 is 15.8 Å². The van der Waals surface area contributed by atoms with Gasteiger partial charge in [0.1, 0.15) is 5.75 Å². The second-order valence-electron chi connectivity index (χ2n) is 4.23. The number of rotatable bonds is 5. The Morgan fingerprint density at radius 2 is 1.89 bits per heavy atom. The number of benzene rings is 2. The van der Waals surface area contributed by atoms with Crippen LogP contribution in [0.5, 0.6) is 5.75 Å². The SMILES string of the molecule is CCCOc1ccc(Nc2ccc(Cl)cc2N)cc1. The zero-order valence-corrected chi connectivity index (χ0v) is 11.6. The molecule has 4 heteroatoms. The molecule has 2 aromatic carbocycles. The van der Waals surface area contributed by atoms with Crippen LogP contribution in [0.15, 0.2) is 42.5 Å². The summed E-state index contributed by atoms with van der Waals surface area (Å²) in [5.41, 5.74) is 8.31. The molecule has 0 fully saturated rings. The Kier molecular flexibility index (Phi) is 4.53. The normalized spacial score (nSPS) is 10.2. The molecule has 0 aliphatic rings. The molecule has 0 saturated heterocycles. The Balaban J connectivity index is 2.06. The van der Waals surface area contributed by atoms with Gasteiger partial charge in [0.15, 0.2) is 0 Å². The molecule has 0 amide bonds. The van der Waals surface area contributed by atoms with E-state index in [4.69, 9.17) is 22.1 Å². The molecule has 0 aliphatic carbocycles. The van der Waals surface area contributed by atoms with E-state index in [0.29, 0.717) is 10.7 Å². The standard InChI is InChI=1S/C15H17ClN2O/c1-2-9-19-13-6-4-12(5-7-13)18-15-8-3-11(16)10-14(15)17/h3-8,10,18H,2,9,17H2,1H3. The van der Waals surface area contributed by atoms with Crippen LogP contribution in [0.3, 0.4) is 0 Å². The highest BCUT2D eigenvalue weighted by Gasteiger charge is 2.01. The van der Waals surface area contributed by atoms with Crippen molar-refractivity contribution >= 4 is 28.7 Å². The first kappa shape index (κ1) is 13.6. The van der Waals surface area contributed by atoms with Crippen molar-refractivity contribution in [1.29, 1.82) is 0 Å². The average Bonchev–Trinajstić information content (AvgIpc) is 2.41. The highest BCUT2D eigenvalue weighted by atomic mass is 35.5. The van der Waals surface area contributed by atoms with Gasteiger partial charge in [0.2, 0.25) is 0 Å². The molecule has 3 N–H and O–H groups in total. The van der Waals surface area contributed by atoms with Crippen molar-refractivity contribution in [2.24, 2.45) is 0 Å². The van der Waals surface area contributed by atoms with E-state index in [0.717, 1.165) is 30.2 Å². The lowest BCUT2D eigenvalue weighted by Crippen LogP contribution is -1.97. The molecule has 0 bridgehead atoms. The van der Waals surface area contributed by atoms with Crippen LogP contribution in [-0.2, 0) is 0 Å². The van der Waals surface area contributed by atoms with Gasteiger partial charge in [-0.05, 0) is 48.9 Å². The number of halogens is 1. The molecule has 0 unspecified atom stereocenters. The minimum Gasteiger partial charge on any atom is -0.494 e. The fraction of sp³-hybridized carbons (Fsp3) is 0.200. The molecule has 2 aromatic rings. The second kappa shape index (κ2) is 6.34. The highest BCUT2D eigenvalue weighted by Crippen LogP contribution is 2.27. The first-order chi connectivity index (χ1) is 9.19. The summed E-state index contributed by atoms with van der Waals surface area (Å²) in [6.45, 7) is 2.82.